The average Bonchev–Trinajstić information content (AvgIpc) is 3.35. The van der Waals surface area contributed by atoms with Crippen molar-refractivity contribution in [2.24, 2.45) is 0 Å². The van der Waals surface area contributed by atoms with E-state index in [1.807, 2.05) is 4.57 Å². The molecule has 0 bridgehead atoms. The summed E-state index contributed by atoms with van der Waals surface area (Å²) in [7, 11) is -2.14. The molecule has 41 heavy (non-hydrogen) atoms. The fourth-order valence-corrected chi connectivity index (χ4v) is 6.50. The van der Waals surface area contributed by atoms with Crippen molar-refractivity contribution in [1.29, 1.82) is 0 Å². The van der Waals surface area contributed by atoms with Crippen LogP contribution in [0.4, 0.5) is 0 Å². The molecule has 2 saturated heterocycles. The highest BCUT2D eigenvalue weighted by molar-refractivity contribution is 7.89. The second-order valence-corrected chi connectivity index (χ2v) is 11.9. The molecule has 13 nitrogen and oxygen atoms in total. The van der Waals surface area contributed by atoms with Gasteiger partial charge in [0.1, 0.15) is 30.1 Å². The fourth-order valence-electron chi connectivity index (χ4n) is 5.10. The summed E-state index contributed by atoms with van der Waals surface area (Å²) in [4.78, 5) is 13.6. The highest BCUT2D eigenvalue weighted by Crippen LogP contribution is 2.28. The number of nitrogens with one attached hydrogen (secondary N) is 1. The number of benzene rings is 2. The van der Waals surface area contributed by atoms with Crippen LogP contribution < -0.4 is 10.1 Å². The number of ether oxygens (including phenoxy) is 3. The van der Waals surface area contributed by atoms with Gasteiger partial charge in [-0.2, -0.15) is 4.31 Å². The third kappa shape index (κ3) is 5.82. The van der Waals surface area contributed by atoms with Gasteiger partial charge in [0.25, 0.3) is 5.91 Å². The van der Waals surface area contributed by atoms with Crippen LogP contribution in [0.2, 0.25) is 0 Å². The number of rotatable bonds is 8. The number of nitrogens with zero attached hydrogens (tertiary/aromatic N) is 2. The van der Waals surface area contributed by atoms with Crippen molar-refractivity contribution in [3.63, 3.8) is 0 Å². The maximum absolute atomic E-state index is 13.4. The van der Waals surface area contributed by atoms with E-state index in [2.05, 4.69) is 5.32 Å². The number of fused-ring (bicyclic) bond motifs is 1. The first-order valence-electron chi connectivity index (χ1n) is 13.1. The molecule has 1 amide bonds. The van der Waals surface area contributed by atoms with Crippen LogP contribution in [0.3, 0.4) is 0 Å². The lowest BCUT2D eigenvalue weighted by molar-refractivity contribution is -0.252. The number of sulfonamides is 1. The van der Waals surface area contributed by atoms with E-state index in [9.17, 15) is 33.6 Å². The Morgan fingerprint density at radius 3 is 2.44 bits per heavy atom. The van der Waals surface area contributed by atoms with Gasteiger partial charge in [-0.3, -0.25) is 4.79 Å². The van der Waals surface area contributed by atoms with E-state index < -0.39 is 53.2 Å². The monoisotopic (exact) mass is 591 g/mol. The van der Waals surface area contributed by atoms with Gasteiger partial charge in [0.15, 0.2) is 6.29 Å². The van der Waals surface area contributed by atoms with E-state index in [0.717, 1.165) is 5.56 Å². The van der Waals surface area contributed by atoms with Crippen LogP contribution in [-0.4, -0.2) is 114 Å². The number of aliphatic hydroxyl groups excluding tert-OH is 4. The molecule has 3 aromatic rings. The minimum atomic E-state index is -3.64. The molecule has 2 aliphatic heterocycles. The first kappa shape index (κ1) is 29.4. The van der Waals surface area contributed by atoms with Gasteiger partial charge in [-0.25, -0.2) is 8.42 Å². The van der Waals surface area contributed by atoms with Crippen molar-refractivity contribution >= 4 is 26.8 Å². The number of methoxy groups -OCH3 is 1. The molecule has 5 atom stereocenters. The van der Waals surface area contributed by atoms with E-state index in [0.29, 0.717) is 49.5 Å². The zero-order chi connectivity index (χ0) is 29.3. The van der Waals surface area contributed by atoms with Gasteiger partial charge in [-0.1, -0.05) is 12.1 Å². The van der Waals surface area contributed by atoms with Crippen LogP contribution in [0.5, 0.6) is 5.75 Å². The van der Waals surface area contributed by atoms with Crippen LogP contribution in [0.25, 0.3) is 10.9 Å². The quantitative estimate of drug-likeness (QED) is 0.224. The smallest absolute Gasteiger partial charge is 0.253 e. The molecule has 222 valence electrons. The van der Waals surface area contributed by atoms with Crippen LogP contribution in [0.1, 0.15) is 15.9 Å². The lowest BCUT2D eigenvalue weighted by Gasteiger charge is -2.40. The summed E-state index contributed by atoms with van der Waals surface area (Å²) in [5.41, 5.74) is 1.68. The van der Waals surface area contributed by atoms with Gasteiger partial charge < -0.3 is 44.5 Å². The van der Waals surface area contributed by atoms with Crippen molar-refractivity contribution < 1.29 is 47.8 Å². The zero-order valence-electron chi connectivity index (χ0n) is 22.3. The van der Waals surface area contributed by atoms with Crippen molar-refractivity contribution in [3.8, 4) is 5.75 Å². The number of hydrogen-bond acceptors (Lipinski definition) is 10. The standard InChI is InChI=1S/C27H33N3O10S/c1-38-17-4-7-21-19(12-17)20(26(34)28-23-25(33)24(32)22(15-31)40-27(23)35)14-29(21)13-16-2-5-18(6-3-16)41(36,37)30-8-10-39-11-9-30/h2-7,12,14,22-25,27,31-33,35H,8-11,13,15H2,1H3,(H,28,34)/t22-,23-,24-,25-,27?/m1/s1. The summed E-state index contributed by atoms with van der Waals surface area (Å²) in [6.45, 7) is 1.000. The van der Waals surface area contributed by atoms with Crippen molar-refractivity contribution in [2.45, 2.75) is 42.1 Å². The van der Waals surface area contributed by atoms with Crippen LogP contribution >= 0.6 is 0 Å². The molecule has 0 radical (unpaired) electrons. The number of aliphatic hydroxyl groups is 4. The normalized spacial score (nSPS) is 25.7. The molecule has 1 aromatic heterocycles. The fraction of sp³-hybridized carbons (Fsp3) is 0.444. The van der Waals surface area contributed by atoms with E-state index in [4.69, 9.17) is 14.2 Å². The Kier molecular flexibility index (Phi) is 8.63. The summed E-state index contributed by atoms with van der Waals surface area (Å²) in [6.07, 6.45) is -4.37. The lowest BCUT2D eigenvalue weighted by atomic mass is 9.96. The van der Waals surface area contributed by atoms with Crippen molar-refractivity contribution in [1.82, 2.24) is 14.2 Å². The molecule has 3 heterocycles. The predicted molar refractivity (Wildman–Crippen MR) is 145 cm³/mol. The van der Waals surface area contributed by atoms with E-state index in [-0.39, 0.29) is 10.5 Å². The topological polar surface area (TPSA) is 180 Å². The van der Waals surface area contributed by atoms with Gasteiger partial charge in [0.2, 0.25) is 10.0 Å². The zero-order valence-corrected chi connectivity index (χ0v) is 23.1. The Morgan fingerprint density at radius 1 is 1.07 bits per heavy atom. The Balaban J connectivity index is 1.40. The maximum atomic E-state index is 13.4. The number of carbonyl (C=O) groups excluding carboxylic acids is 1. The van der Waals surface area contributed by atoms with Crippen LogP contribution in [0, 0.1) is 0 Å². The molecule has 14 heteroatoms. The predicted octanol–water partition coefficient (Wildman–Crippen LogP) is -0.751. The minimum absolute atomic E-state index is 0.183. The number of hydrogen-bond donors (Lipinski definition) is 5. The van der Waals surface area contributed by atoms with Gasteiger partial charge >= 0.3 is 0 Å². The number of morpholine rings is 1. The van der Waals surface area contributed by atoms with E-state index >= 15 is 0 Å². The number of aromatic nitrogens is 1. The molecule has 0 saturated carbocycles. The summed E-state index contributed by atoms with van der Waals surface area (Å²) >= 11 is 0. The summed E-state index contributed by atoms with van der Waals surface area (Å²) in [5, 5.41) is 43.4. The third-order valence-electron chi connectivity index (χ3n) is 7.41. The first-order valence-corrected chi connectivity index (χ1v) is 14.5. The van der Waals surface area contributed by atoms with Crippen LogP contribution in [0.15, 0.2) is 53.6 Å². The molecular weight excluding hydrogens is 558 g/mol. The van der Waals surface area contributed by atoms with Crippen molar-refractivity contribution in [3.05, 3.63) is 59.8 Å². The highest BCUT2D eigenvalue weighted by Gasteiger charge is 2.44. The molecule has 5 rings (SSSR count). The molecule has 5 N–H and O–H groups in total. The Hall–Kier alpha value is -3.08. The molecule has 1 unspecified atom stereocenters. The van der Waals surface area contributed by atoms with E-state index in [1.54, 1.807) is 48.7 Å². The first-order chi connectivity index (χ1) is 19.6. The van der Waals surface area contributed by atoms with E-state index in [1.165, 1.54) is 11.4 Å². The molecule has 2 aromatic carbocycles. The summed E-state index contributed by atoms with van der Waals surface area (Å²) in [6, 6.07) is 10.4. The Labute approximate surface area is 236 Å². The average molecular weight is 592 g/mol. The minimum Gasteiger partial charge on any atom is -0.497 e. The SMILES string of the molecule is COc1ccc2c(c1)c(C(=O)N[C@H]1C(O)O[C@H](CO)[C@@H](O)[C@@H]1O)cn2Cc1ccc(S(=O)(=O)N2CCOCC2)cc1. The maximum Gasteiger partial charge on any atom is 0.253 e. The highest BCUT2D eigenvalue weighted by atomic mass is 32.2. The third-order valence-corrected chi connectivity index (χ3v) is 9.33. The second kappa shape index (κ2) is 12.0. The molecule has 0 spiro atoms. The van der Waals surface area contributed by atoms with Gasteiger partial charge in [0.05, 0.1) is 37.4 Å². The molecular formula is C27H33N3O10S. The van der Waals surface area contributed by atoms with Gasteiger partial charge in [-0.05, 0) is 35.9 Å². The number of carbonyl (C=O) groups is 1. The van der Waals surface area contributed by atoms with Gasteiger partial charge in [-0.15, -0.1) is 0 Å². The number of amides is 1. The Bertz CT molecular complexity index is 1490. The largest absolute Gasteiger partial charge is 0.497 e. The Morgan fingerprint density at radius 2 is 1.78 bits per heavy atom. The van der Waals surface area contributed by atoms with Crippen LogP contribution in [-0.2, 0) is 26.0 Å². The second-order valence-electron chi connectivity index (χ2n) is 9.94. The summed E-state index contributed by atoms with van der Waals surface area (Å²) < 4.78 is 44.9. The van der Waals surface area contributed by atoms with Gasteiger partial charge in [0, 0.05) is 36.7 Å². The van der Waals surface area contributed by atoms with Crippen molar-refractivity contribution in [2.75, 3.05) is 40.0 Å². The lowest BCUT2D eigenvalue weighted by Crippen LogP contribution is -2.64. The molecule has 0 aliphatic carbocycles. The molecule has 2 fully saturated rings. The summed E-state index contributed by atoms with van der Waals surface area (Å²) in [5.74, 6) is -0.139. The molecule has 2 aliphatic rings.